The van der Waals surface area contributed by atoms with Gasteiger partial charge in [-0.05, 0) is 37.6 Å². The van der Waals surface area contributed by atoms with Gasteiger partial charge in [-0.25, -0.2) is 4.79 Å². The summed E-state index contributed by atoms with van der Waals surface area (Å²) < 4.78 is 5.16. The van der Waals surface area contributed by atoms with Crippen molar-refractivity contribution < 1.29 is 9.53 Å². The maximum absolute atomic E-state index is 11.6. The highest BCUT2D eigenvalue weighted by atomic mass is 16.6. The highest BCUT2D eigenvalue weighted by molar-refractivity contribution is 5.70. The van der Waals surface area contributed by atoms with Crippen LogP contribution >= 0.6 is 0 Å². The molecule has 0 saturated carbocycles. The number of hydrogen-bond acceptors (Lipinski definition) is 3. The molecule has 98 valence electrons. The zero-order valence-electron chi connectivity index (χ0n) is 10.8. The molecule has 2 rings (SSSR count). The molecule has 1 amide bonds. The fraction of sp³-hybridized carbons (Fsp3) is 0.500. The molecule has 1 fully saturated rings. The van der Waals surface area contributed by atoms with E-state index >= 15 is 0 Å². The van der Waals surface area contributed by atoms with Gasteiger partial charge in [-0.1, -0.05) is 25.1 Å². The first-order valence-electron chi connectivity index (χ1n) is 6.51. The predicted molar refractivity (Wildman–Crippen MR) is 70.7 cm³/mol. The van der Waals surface area contributed by atoms with Crippen LogP contribution in [0, 0.1) is 5.92 Å². The van der Waals surface area contributed by atoms with E-state index in [-0.39, 0.29) is 6.09 Å². The molecule has 0 aromatic heterocycles. The average Bonchev–Trinajstić information content (AvgIpc) is 2.85. The van der Waals surface area contributed by atoms with Gasteiger partial charge >= 0.3 is 6.09 Å². The molecule has 4 heteroatoms. The smallest absolute Gasteiger partial charge is 0.410 e. The summed E-state index contributed by atoms with van der Waals surface area (Å²) in [4.78, 5) is 14.0. The lowest BCUT2D eigenvalue weighted by atomic mass is 10.1. The van der Waals surface area contributed by atoms with Crippen LogP contribution in [-0.4, -0.2) is 37.2 Å². The maximum Gasteiger partial charge on any atom is 0.412 e. The van der Waals surface area contributed by atoms with E-state index < -0.39 is 0 Å². The van der Waals surface area contributed by atoms with Crippen LogP contribution in [0.2, 0.25) is 0 Å². The molecule has 1 heterocycles. The maximum atomic E-state index is 11.6. The Labute approximate surface area is 108 Å². The lowest BCUT2D eigenvalue weighted by Gasteiger charge is -2.13. The normalized spacial score (nSPS) is 19.7. The van der Waals surface area contributed by atoms with Gasteiger partial charge in [0.05, 0.1) is 0 Å². The van der Waals surface area contributed by atoms with E-state index in [0.717, 1.165) is 26.1 Å². The summed E-state index contributed by atoms with van der Waals surface area (Å²) in [6, 6.07) is 9.13. The second-order valence-corrected chi connectivity index (χ2v) is 4.63. The molecule has 1 saturated heterocycles. The van der Waals surface area contributed by atoms with Crippen LogP contribution in [0.25, 0.3) is 0 Å². The first-order valence-corrected chi connectivity index (χ1v) is 6.51. The molecule has 0 radical (unpaired) electrons. The van der Waals surface area contributed by atoms with Gasteiger partial charge in [0.15, 0.2) is 0 Å². The Morgan fingerprint density at radius 3 is 2.89 bits per heavy atom. The summed E-state index contributed by atoms with van der Waals surface area (Å²) in [6.45, 7) is 6.16. The van der Waals surface area contributed by atoms with Gasteiger partial charge in [0, 0.05) is 13.1 Å². The third kappa shape index (κ3) is 3.74. The second kappa shape index (κ2) is 6.40. The minimum atomic E-state index is -0.365. The van der Waals surface area contributed by atoms with Gasteiger partial charge < -0.3 is 15.0 Å². The Balaban J connectivity index is 1.69. The van der Waals surface area contributed by atoms with Crippen LogP contribution in [0.4, 0.5) is 4.79 Å². The number of carbonyl (C=O) groups excluding carboxylic acids is 1. The monoisotopic (exact) mass is 248 g/mol. The van der Waals surface area contributed by atoms with Crippen LogP contribution in [0.5, 0.6) is 5.75 Å². The van der Waals surface area contributed by atoms with Crippen LogP contribution in [0.1, 0.15) is 13.3 Å². The molecule has 1 aromatic rings. The van der Waals surface area contributed by atoms with E-state index in [2.05, 4.69) is 17.1 Å². The first-order chi connectivity index (χ1) is 8.78. The van der Waals surface area contributed by atoms with E-state index in [1.807, 2.05) is 18.2 Å². The lowest BCUT2D eigenvalue weighted by Crippen LogP contribution is -2.33. The standard InChI is InChI=1S/C14H20N2O2/c1-2-16-9-8-12(11-16)10-15-14(17)18-13-6-4-3-5-7-13/h3-7,12H,2,8-11H2,1H3,(H,15,17). The molecule has 1 aliphatic rings. The van der Waals surface area contributed by atoms with Crippen molar-refractivity contribution in [3.63, 3.8) is 0 Å². The predicted octanol–water partition coefficient (Wildman–Crippen LogP) is 2.12. The Morgan fingerprint density at radius 1 is 1.44 bits per heavy atom. The van der Waals surface area contributed by atoms with Crippen LogP contribution in [0.15, 0.2) is 30.3 Å². The van der Waals surface area contributed by atoms with Crippen molar-refractivity contribution in [2.75, 3.05) is 26.2 Å². The number of nitrogens with one attached hydrogen (secondary N) is 1. The Hall–Kier alpha value is -1.55. The number of ether oxygens (including phenoxy) is 1. The Morgan fingerprint density at radius 2 is 2.22 bits per heavy atom. The zero-order valence-corrected chi connectivity index (χ0v) is 10.8. The summed E-state index contributed by atoms with van der Waals surface area (Å²) in [5.74, 6) is 1.13. The van der Waals surface area contributed by atoms with E-state index in [9.17, 15) is 4.79 Å². The number of hydrogen-bond donors (Lipinski definition) is 1. The zero-order chi connectivity index (χ0) is 12.8. The topological polar surface area (TPSA) is 41.6 Å². The fourth-order valence-corrected chi connectivity index (χ4v) is 2.23. The molecule has 1 unspecified atom stereocenters. The molecule has 1 N–H and O–H groups in total. The van der Waals surface area contributed by atoms with Crippen molar-refractivity contribution in [3.05, 3.63) is 30.3 Å². The van der Waals surface area contributed by atoms with Gasteiger partial charge in [-0.2, -0.15) is 0 Å². The van der Waals surface area contributed by atoms with E-state index in [0.29, 0.717) is 18.2 Å². The summed E-state index contributed by atoms with van der Waals surface area (Å²) in [7, 11) is 0. The highest BCUT2D eigenvalue weighted by Crippen LogP contribution is 2.14. The van der Waals surface area contributed by atoms with Gasteiger partial charge in [0.25, 0.3) is 0 Å². The number of rotatable bonds is 4. The molecular weight excluding hydrogens is 228 g/mol. The van der Waals surface area contributed by atoms with Crippen molar-refractivity contribution >= 4 is 6.09 Å². The Bertz CT molecular complexity index is 381. The molecular formula is C14H20N2O2. The molecule has 0 spiro atoms. The van der Waals surface area contributed by atoms with Crippen molar-refractivity contribution in [1.82, 2.24) is 10.2 Å². The van der Waals surface area contributed by atoms with Gasteiger partial charge in [0.1, 0.15) is 5.75 Å². The second-order valence-electron chi connectivity index (χ2n) is 4.63. The number of para-hydroxylation sites is 1. The SMILES string of the molecule is CCN1CCC(CNC(=O)Oc2ccccc2)C1. The molecule has 0 bridgehead atoms. The summed E-state index contributed by atoms with van der Waals surface area (Å²) >= 11 is 0. The van der Waals surface area contributed by atoms with Crippen molar-refractivity contribution in [3.8, 4) is 5.75 Å². The summed E-state index contributed by atoms with van der Waals surface area (Å²) in [6.07, 6.45) is 0.788. The number of benzene rings is 1. The number of carbonyl (C=O) groups is 1. The van der Waals surface area contributed by atoms with Crippen molar-refractivity contribution in [1.29, 1.82) is 0 Å². The minimum absolute atomic E-state index is 0.365. The first kappa shape index (κ1) is 12.9. The molecule has 4 nitrogen and oxygen atoms in total. The molecule has 1 atom stereocenters. The van der Waals surface area contributed by atoms with Crippen LogP contribution in [-0.2, 0) is 0 Å². The van der Waals surface area contributed by atoms with Crippen LogP contribution in [0.3, 0.4) is 0 Å². The number of likely N-dealkylation sites (tertiary alicyclic amines) is 1. The molecule has 0 aliphatic carbocycles. The largest absolute Gasteiger partial charge is 0.412 e. The van der Waals surface area contributed by atoms with E-state index in [1.165, 1.54) is 0 Å². The van der Waals surface area contributed by atoms with Crippen molar-refractivity contribution in [2.24, 2.45) is 5.92 Å². The minimum Gasteiger partial charge on any atom is -0.410 e. The molecule has 18 heavy (non-hydrogen) atoms. The van der Waals surface area contributed by atoms with Gasteiger partial charge in [-0.3, -0.25) is 0 Å². The quantitative estimate of drug-likeness (QED) is 0.887. The summed E-state index contributed by atoms with van der Waals surface area (Å²) in [5.41, 5.74) is 0. The third-order valence-corrected chi connectivity index (χ3v) is 3.31. The fourth-order valence-electron chi connectivity index (χ4n) is 2.23. The average molecular weight is 248 g/mol. The van der Waals surface area contributed by atoms with E-state index in [4.69, 9.17) is 4.74 Å². The number of amides is 1. The highest BCUT2D eigenvalue weighted by Gasteiger charge is 2.21. The Kier molecular flexibility index (Phi) is 4.59. The summed E-state index contributed by atoms with van der Waals surface area (Å²) in [5, 5.41) is 2.83. The lowest BCUT2D eigenvalue weighted by molar-refractivity contribution is 0.198. The van der Waals surface area contributed by atoms with Gasteiger partial charge in [-0.15, -0.1) is 0 Å². The third-order valence-electron chi connectivity index (χ3n) is 3.31. The molecule has 1 aliphatic heterocycles. The van der Waals surface area contributed by atoms with Crippen LogP contribution < -0.4 is 10.1 Å². The van der Waals surface area contributed by atoms with Crippen molar-refractivity contribution in [2.45, 2.75) is 13.3 Å². The van der Waals surface area contributed by atoms with Gasteiger partial charge in [0.2, 0.25) is 0 Å². The number of nitrogens with zero attached hydrogens (tertiary/aromatic N) is 1. The van der Waals surface area contributed by atoms with E-state index in [1.54, 1.807) is 12.1 Å². The molecule has 1 aromatic carbocycles.